The molecule has 0 fully saturated rings. The Bertz CT molecular complexity index is 828. The molecule has 0 aromatic heterocycles. The van der Waals surface area contributed by atoms with Gasteiger partial charge in [-0.15, -0.1) is 0 Å². The first kappa shape index (κ1) is 12.8. The van der Waals surface area contributed by atoms with E-state index >= 15 is 0 Å². The minimum absolute atomic E-state index is 1.26. The molecule has 0 radical (unpaired) electrons. The van der Waals surface area contributed by atoms with Crippen LogP contribution in [0, 0.1) is 0 Å². The zero-order valence-electron chi connectivity index (χ0n) is 12.2. The largest absolute Gasteiger partial charge is 0.0622 e. The molecule has 0 aliphatic carbocycles. The summed E-state index contributed by atoms with van der Waals surface area (Å²) in [7, 11) is 0. The van der Waals surface area contributed by atoms with Crippen molar-refractivity contribution in [2.45, 2.75) is 0 Å². The number of rotatable bonds is 2. The highest BCUT2D eigenvalue weighted by Gasteiger charge is 2.08. The second kappa shape index (κ2) is 5.50. The van der Waals surface area contributed by atoms with Gasteiger partial charge in [0.1, 0.15) is 0 Å². The Morgan fingerprint density at radius 1 is 0.364 bits per heavy atom. The Balaban J connectivity index is 2.04. The van der Waals surface area contributed by atoms with Crippen LogP contribution < -0.4 is 0 Å². The third-order valence-electron chi connectivity index (χ3n) is 4.06. The Morgan fingerprint density at radius 2 is 0.727 bits per heavy atom. The summed E-state index contributed by atoms with van der Waals surface area (Å²) >= 11 is 0. The van der Waals surface area contributed by atoms with E-state index in [1.165, 1.54) is 33.0 Å². The van der Waals surface area contributed by atoms with Gasteiger partial charge in [0, 0.05) is 0 Å². The highest BCUT2D eigenvalue weighted by Crippen LogP contribution is 2.35. The summed E-state index contributed by atoms with van der Waals surface area (Å²) < 4.78 is 0. The second-order valence-electron chi connectivity index (χ2n) is 5.48. The van der Waals surface area contributed by atoms with Crippen LogP contribution in [0.5, 0.6) is 0 Å². The smallest absolute Gasteiger partial charge is 0.00990 e. The number of fused-ring (bicyclic) bond motifs is 1. The molecular formula is C22H16. The minimum atomic E-state index is 1.26. The van der Waals surface area contributed by atoms with Gasteiger partial charge in [0.25, 0.3) is 0 Å². The molecule has 0 saturated carbocycles. The van der Waals surface area contributed by atoms with Gasteiger partial charge in [-0.05, 0) is 45.2 Å². The normalized spacial score (nSPS) is 10.7. The van der Waals surface area contributed by atoms with Crippen molar-refractivity contribution in [1.29, 1.82) is 0 Å². The molecule has 0 saturated heterocycles. The summed E-state index contributed by atoms with van der Waals surface area (Å²) in [6.07, 6.45) is 0. The van der Waals surface area contributed by atoms with Crippen molar-refractivity contribution in [1.82, 2.24) is 0 Å². The fourth-order valence-corrected chi connectivity index (χ4v) is 2.95. The highest BCUT2D eigenvalue weighted by molar-refractivity contribution is 5.96. The number of hydrogen-bond donors (Lipinski definition) is 0. The molecule has 104 valence electrons. The van der Waals surface area contributed by atoms with Crippen LogP contribution in [0.25, 0.3) is 33.0 Å². The first-order valence-corrected chi connectivity index (χ1v) is 7.55. The van der Waals surface area contributed by atoms with Gasteiger partial charge in [-0.25, -0.2) is 0 Å². The molecule has 0 unspecified atom stereocenters. The molecule has 4 rings (SSSR count). The van der Waals surface area contributed by atoms with Gasteiger partial charge in [-0.3, -0.25) is 0 Å². The van der Waals surface area contributed by atoms with E-state index in [-0.39, 0.29) is 0 Å². The van der Waals surface area contributed by atoms with Gasteiger partial charge in [0.2, 0.25) is 0 Å². The summed E-state index contributed by atoms with van der Waals surface area (Å²) in [5, 5.41) is 2.56. The minimum Gasteiger partial charge on any atom is -0.0622 e. The molecule has 0 heterocycles. The van der Waals surface area contributed by atoms with Crippen LogP contribution >= 0.6 is 0 Å². The summed E-state index contributed by atoms with van der Waals surface area (Å²) in [5.74, 6) is 0. The fraction of sp³-hybridized carbons (Fsp3) is 0. The SMILES string of the molecule is c1ccc(-c2cc3ccccc3cc2-c2ccccc2)cc1. The van der Waals surface area contributed by atoms with Gasteiger partial charge in [0.15, 0.2) is 0 Å². The molecule has 0 atom stereocenters. The molecule has 0 bridgehead atoms. The zero-order chi connectivity index (χ0) is 14.8. The topological polar surface area (TPSA) is 0 Å². The summed E-state index contributed by atoms with van der Waals surface area (Å²) in [5.41, 5.74) is 5.08. The predicted octanol–water partition coefficient (Wildman–Crippen LogP) is 6.17. The van der Waals surface area contributed by atoms with E-state index in [0.717, 1.165) is 0 Å². The molecular weight excluding hydrogens is 264 g/mol. The highest BCUT2D eigenvalue weighted by atomic mass is 14.1. The molecule has 22 heavy (non-hydrogen) atoms. The molecule has 0 nitrogen and oxygen atoms in total. The molecule has 0 amide bonds. The van der Waals surface area contributed by atoms with E-state index in [4.69, 9.17) is 0 Å². The van der Waals surface area contributed by atoms with Crippen molar-refractivity contribution >= 4 is 10.8 Å². The lowest BCUT2D eigenvalue weighted by Gasteiger charge is -2.12. The van der Waals surface area contributed by atoms with E-state index in [1.807, 2.05) is 0 Å². The summed E-state index contributed by atoms with van der Waals surface area (Å²) in [4.78, 5) is 0. The van der Waals surface area contributed by atoms with E-state index in [0.29, 0.717) is 0 Å². The van der Waals surface area contributed by atoms with E-state index in [9.17, 15) is 0 Å². The van der Waals surface area contributed by atoms with Gasteiger partial charge in [-0.1, -0.05) is 84.9 Å². The van der Waals surface area contributed by atoms with Crippen LogP contribution in [-0.2, 0) is 0 Å². The van der Waals surface area contributed by atoms with Crippen molar-refractivity contribution in [2.24, 2.45) is 0 Å². The summed E-state index contributed by atoms with van der Waals surface area (Å²) in [6, 6.07) is 34.4. The maximum atomic E-state index is 2.30. The predicted molar refractivity (Wildman–Crippen MR) is 94.8 cm³/mol. The lowest BCUT2D eigenvalue weighted by molar-refractivity contribution is 1.60. The maximum absolute atomic E-state index is 2.30. The zero-order valence-corrected chi connectivity index (χ0v) is 12.2. The molecule has 4 aromatic rings. The number of benzene rings is 4. The van der Waals surface area contributed by atoms with Crippen LogP contribution in [0.1, 0.15) is 0 Å². The lowest BCUT2D eigenvalue weighted by atomic mass is 9.91. The van der Waals surface area contributed by atoms with E-state index in [2.05, 4.69) is 97.1 Å². The van der Waals surface area contributed by atoms with Gasteiger partial charge < -0.3 is 0 Å². The Hall–Kier alpha value is -2.86. The van der Waals surface area contributed by atoms with Crippen LogP contribution in [0.3, 0.4) is 0 Å². The second-order valence-corrected chi connectivity index (χ2v) is 5.48. The van der Waals surface area contributed by atoms with Gasteiger partial charge in [0.05, 0.1) is 0 Å². The Labute approximate surface area is 130 Å². The fourth-order valence-electron chi connectivity index (χ4n) is 2.95. The van der Waals surface area contributed by atoms with Crippen molar-refractivity contribution in [2.75, 3.05) is 0 Å². The third kappa shape index (κ3) is 2.29. The molecule has 0 N–H and O–H groups in total. The van der Waals surface area contributed by atoms with Crippen molar-refractivity contribution in [3.05, 3.63) is 97.1 Å². The monoisotopic (exact) mass is 280 g/mol. The van der Waals surface area contributed by atoms with E-state index < -0.39 is 0 Å². The molecule has 4 aromatic carbocycles. The van der Waals surface area contributed by atoms with Crippen molar-refractivity contribution < 1.29 is 0 Å². The standard InChI is InChI=1S/C22H16/c1-3-9-17(10-4-1)21-15-19-13-7-8-14-20(19)16-22(21)18-11-5-2-6-12-18/h1-16H. The average Bonchev–Trinajstić information content (AvgIpc) is 2.62. The maximum Gasteiger partial charge on any atom is -0.00990 e. The van der Waals surface area contributed by atoms with Gasteiger partial charge >= 0.3 is 0 Å². The molecule has 0 aliphatic rings. The summed E-state index contributed by atoms with van der Waals surface area (Å²) in [6.45, 7) is 0. The molecule has 0 aliphatic heterocycles. The van der Waals surface area contributed by atoms with Crippen LogP contribution in [0.15, 0.2) is 97.1 Å². The first-order chi connectivity index (χ1) is 10.9. The van der Waals surface area contributed by atoms with Crippen LogP contribution in [0.2, 0.25) is 0 Å². The average molecular weight is 280 g/mol. The van der Waals surface area contributed by atoms with Crippen molar-refractivity contribution in [3.63, 3.8) is 0 Å². The molecule has 0 spiro atoms. The molecule has 0 heteroatoms. The van der Waals surface area contributed by atoms with E-state index in [1.54, 1.807) is 0 Å². The lowest BCUT2D eigenvalue weighted by Crippen LogP contribution is -1.86. The van der Waals surface area contributed by atoms with Gasteiger partial charge in [-0.2, -0.15) is 0 Å². The van der Waals surface area contributed by atoms with Crippen LogP contribution in [0.4, 0.5) is 0 Å². The van der Waals surface area contributed by atoms with Crippen molar-refractivity contribution in [3.8, 4) is 22.3 Å². The first-order valence-electron chi connectivity index (χ1n) is 7.55. The van der Waals surface area contributed by atoms with Crippen LogP contribution in [-0.4, -0.2) is 0 Å². The Morgan fingerprint density at radius 3 is 1.14 bits per heavy atom. The number of hydrogen-bond acceptors (Lipinski definition) is 0. The third-order valence-corrected chi connectivity index (χ3v) is 4.06. The Kier molecular flexibility index (Phi) is 3.21. The quantitative estimate of drug-likeness (QED) is 0.411.